The van der Waals surface area contributed by atoms with Crippen LogP contribution in [0.25, 0.3) is 0 Å². The number of carbonyl (C=O) groups excluding carboxylic acids is 1. The maximum atomic E-state index is 12.7. The number of hydrogen-bond acceptors (Lipinski definition) is 5. The summed E-state index contributed by atoms with van der Waals surface area (Å²) >= 11 is 1.79. The van der Waals surface area contributed by atoms with E-state index in [0.717, 1.165) is 58.0 Å². The van der Waals surface area contributed by atoms with Crippen LogP contribution in [0.3, 0.4) is 0 Å². The number of nitrogens with zero attached hydrogens (tertiary/aromatic N) is 3. The van der Waals surface area contributed by atoms with Crippen molar-refractivity contribution in [2.24, 2.45) is 4.99 Å². The van der Waals surface area contributed by atoms with Crippen molar-refractivity contribution >= 4 is 23.2 Å². The predicted octanol–water partition coefficient (Wildman–Crippen LogP) is 1.09. The molecule has 1 N–H and O–H groups in total. The minimum atomic E-state index is 0.0783. The van der Waals surface area contributed by atoms with Crippen molar-refractivity contribution < 1.29 is 14.3 Å². The van der Waals surface area contributed by atoms with Gasteiger partial charge in [0.1, 0.15) is 6.10 Å². The van der Waals surface area contributed by atoms with Gasteiger partial charge in [0.05, 0.1) is 19.3 Å². The zero-order valence-corrected chi connectivity index (χ0v) is 16.7. The van der Waals surface area contributed by atoms with Crippen LogP contribution in [-0.4, -0.2) is 80.3 Å². The van der Waals surface area contributed by atoms with Crippen LogP contribution in [0.1, 0.15) is 23.3 Å². The van der Waals surface area contributed by atoms with Gasteiger partial charge in [-0.25, -0.2) is 0 Å². The lowest BCUT2D eigenvalue weighted by molar-refractivity contribution is -0.130. The van der Waals surface area contributed by atoms with Gasteiger partial charge in [0.25, 0.3) is 0 Å². The normalized spacial score (nSPS) is 26.2. The monoisotopic (exact) mass is 392 g/mol. The third-order valence-corrected chi connectivity index (χ3v) is 6.57. The van der Waals surface area contributed by atoms with Gasteiger partial charge in [-0.15, -0.1) is 11.3 Å². The summed E-state index contributed by atoms with van der Waals surface area (Å²) in [7, 11) is 1.77. The highest BCUT2D eigenvalue weighted by Crippen LogP contribution is 2.24. The molecule has 3 aliphatic rings. The van der Waals surface area contributed by atoms with E-state index in [1.807, 2.05) is 4.90 Å². The van der Waals surface area contributed by atoms with Gasteiger partial charge in [-0.1, -0.05) is 0 Å². The number of rotatable bonds is 3. The smallest absolute Gasteiger partial charge is 0.242 e. The fourth-order valence-electron chi connectivity index (χ4n) is 4.05. The minimum Gasteiger partial charge on any atom is -0.375 e. The van der Waals surface area contributed by atoms with Gasteiger partial charge in [-0.3, -0.25) is 9.79 Å². The average Bonchev–Trinajstić information content (AvgIpc) is 3.40. The zero-order chi connectivity index (χ0) is 18.6. The fourth-order valence-corrected chi connectivity index (χ4v) is 4.94. The van der Waals surface area contributed by atoms with E-state index in [1.54, 1.807) is 18.4 Å². The van der Waals surface area contributed by atoms with Crippen LogP contribution in [0.15, 0.2) is 16.4 Å². The molecule has 2 saturated heterocycles. The maximum absolute atomic E-state index is 12.7. The Balaban J connectivity index is 1.29. The van der Waals surface area contributed by atoms with Gasteiger partial charge in [0.15, 0.2) is 5.96 Å². The molecule has 2 atom stereocenters. The van der Waals surface area contributed by atoms with E-state index in [0.29, 0.717) is 6.61 Å². The third kappa shape index (κ3) is 4.28. The van der Waals surface area contributed by atoms with Gasteiger partial charge in [0, 0.05) is 44.7 Å². The second-order valence-electron chi connectivity index (χ2n) is 7.24. The standard InChI is InChI=1S/C19H28N4O3S/c1-20-19(23-7-9-26-16(13-23)15-3-2-8-25-15)21-11-18(24)22-6-4-17-14(12-22)5-10-27-17/h5,10,15-16H,2-4,6-9,11-13H2,1H3,(H,20,21). The molecule has 0 saturated carbocycles. The lowest BCUT2D eigenvalue weighted by Gasteiger charge is -2.37. The summed E-state index contributed by atoms with van der Waals surface area (Å²) in [5.74, 6) is 0.889. The highest BCUT2D eigenvalue weighted by molar-refractivity contribution is 7.10. The van der Waals surface area contributed by atoms with Gasteiger partial charge in [0.2, 0.25) is 5.91 Å². The Bertz CT molecular complexity index is 686. The van der Waals surface area contributed by atoms with Gasteiger partial charge >= 0.3 is 0 Å². The Morgan fingerprint density at radius 2 is 2.19 bits per heavy atom. The fraction of sp³-hybridized carbons (Fsp3) is 0.684. The first-order valence-corrected chi connectivity index (χ1v) is 10.6. The average molecular weight is 393 g/mol. The molecular weight excluding hydrogens is 364 g/mol. The molecule has 148 valence electrons. The van der Waals surface area contributed by atoms with Crippen LogP contribution in [0.5, 0.6) is 0 Å². The van der Waals surface area contributed by atoms with Crippen molar-refractivity contribution in [1.82, 2.24) is 15.1 Å². The second-order valence-corrected chi connectivity index (χ2v) is 8.24. The third-order valence-electron chi connectivity index (χ3n) is 5.54. The molecule has 1 aromatic rings. The first kappa shape index (κ1) is 18.7. The Morgan fingerprint density at radius 1 is 1.30 bits per heavy atom. The number of carbonyl (C=O) groups is 1. The van der Waals surface area contributed by atoms with Crippen molar-refractivity contribution in [2.45, 2.75) is 38.0 Å². The molecule has 27 heavy (non-hydrogen) atoms. The van der Waals surface area contributed by atoms with Gasteiger partial charge in [-0.2, -0.15) is 0 Å². The molecule has 0 aliphatic carbocycles. The molecule has 0 aromatic carbocycles. The first-order chi connectivity index (χ1) is 13.2. The molecule has 1 amide bonds. The molecule has 7 nitrogen and oxygen atoms in total. The Morgan fingerprint density at radius 3 is 3.00 bits per heavy atom. The number of morpholine rings is 1. The number of hydrogen-bond donors (Lipinski definition) is 1. The molecule has 2 fully saturated rings. The van der Waals surface area contributed by atoms with Crippen LogP contribution in [-0.2, 0) is 27.2 Å². The summed E-state index contributed by atoms with van der Waals surface area (Å²) in [6.45, 7) is 4.80. The van der Waals surface area contributed by atoms with E-state index in [1.165, 1.54) is 10.4 Å². The SMILES string of the molecule is CN=C(NCC(=O)N1CCc2sccc2C1)N1CCOC(C2CCCO2)C1. The van der Waals surface area contributed by atoms with Gasteiger partial charge in [-0.05, 0) is 36.3 Å². The van der Waals surface area contributed by atoms with E-state index in [-0.39, 0.29) is 24.7 Å². The first-order valence-electron chi connectivity index (χ1n) is 9.76. The van der Waals surface area contributed by atoms with E-state index < -0.39 is 0 Å². The highest BCUT2D eigenvalue weighted by Gasteiger charge is 2.32. The molecule has 3 aliphatic heterocycles. The Hall–Kier alpha value is -1.64. The van der Waals surface area contributed by atoms with Crippen LogP contribution in [0.2, 0.25) is 0 Å². The van der Waals surface area contributed by atoms with E-state index in [9.17, 15) is 4.79 Å². The molecule has 2 unspecified atom stereocenters. The van der Waals surface area contributed by atoms with Crippen LogP contribution < -0.4 is 5.32 Å². The minimum absolute atomic E-state index is 0.0783. The summed E-state index contributed by atoms with van der Waals surface area (Å²) in [5, 5.41) is 5.37. The van der Waals surface area contributed by atoms with E-state index in [4.69, 9.17) is 9.47 Å². The number of ether oxygens (including phenoxy) is 2. The quantitative estimate of drug-likeness (QED) is 0.616. The van der Waals surface area contributed by atoms with Gasteiger partial charge < -0.3 is 24.6 Å². The predicted molar refractivity (Wildman–Crippen MR) is 105 cm³/mol. The van der Waals surface area contributed by atoms with Crippen molar-refractivity contribution in [3.8, 4) is 0 Å². The molecule has 0 bridgehead atoms. The molecule has 8 heteroatoms. The van der Waals surface area contributed by atoms with Crippen molar-refractivity contribution in [1.29, 1.82) is 0 Å². The number of nitrogens with one attached hydrogen (secondary N) is 1. The number of guanidine groups is 1. The lowest BCUT2D eigenvalue weighted by Crippen LogP contribution is -2.54. The Labute approximate surface area is 164 Å². The maximum Gasteiger partial charge on any atom is 0.242 e. The van der Waals surface area contributed by atoms with Crippen LogP contribution in [0.4, 0.5) is 0 Å². The van der Waals surface area contributed by atoms with Crippen LogP contribution in [0, 0.1) is 0 Å². The summed E-state index contributed by atoms with van der Waals surface area (Å²) in [6, 6.07) is 2.13. The van der Waals surface area contributed by atoms with E-state index >= 15 is 0 Å². The molecule has 0 spiro atoms. The van der Waals surface area contributed by atoms with Crippen molar-refractivity contribution in [3.05, 3.63) is 21.9 Å². The molecular formula is C19H28N4O3S. The van der Waals surface area contributed by atoms with Crippen molar-refractivity contribution in [2.75, 3.05) is 46.4 Å². The lowest BCUT2D eigenvalue weighted by atomic mass is 10.1. The number of aliphatic imine (C=N–C) groups is 1. The molecule has 4 heterocycles. The number of thiophene rings is 1. The summed E-state index contributed by atoms with van der Waals surface area (Å²) < 4.78 is 11.7. The molecule has 1 aromatic heterocycles. The Kier molecular flexibility index (Phi) is 5.95. The summed E-state index contributed by atoms with van der Waals surface area (Å²) in [6.07, 6.45) is 3.38. The summed E-state index contributed by atoms with van der Waals surface area (Å²) in [4.78, 5) is 22.6. The van der Waals surface area contributed by atoms with Crippen molar-refractivity contribution in [3.63, 3.8) is 0 Å². The molecule has 4 rings (SSSR count). The van der Waals surface area contributed by atoms with E-state index in [2.05, 4.69) is 26.7 Å². The van der Waals surface area contributed by atoms with Crippen LogP contribution >= 0.6 is 11.3 Å². The summed E-state index contributed by atoms with van der Waals surface area (Å²) in [5.41, 5.74) is 1.29. The largest absolute Gasteiger partial charge is 0.375 e. The highest BCUT2D eigenvalue weighted by atomic mass is 32.1. The molecule has 0 radical (unpaired) electrons. The topological polar surface area (TPSA) is 66.4 Å². The number of amides is 1. The number of fused-ring (bicyclic) bond motifs is 1. The zero-order valence-electron chi connectivity index (χ0n) is 15.9. The second kappa shape index (κ2) is 8.58.